The minimum Gasteiger partial charge on any atom is -0.376 e. The highest BCUT2D eigenvalue weighted by Gasteiger charge is 2.09. The average Bonchev–Trinajstić information content (AvgIpc) is 2.32. The molecule has 18 heavy (non-hydrogen) atoms. The molecule has 0 aromatic heterocycles. The maximum absolute atomic E-state index is 13.5. The Morgan fingerprint density at radius 2 is 1.89 bits per heavy atom. The van der Waals surface area contributed by atoms with Gasteiger partial charge >= 0.3 is 0 Å². The predicted molar refractivity (Wildman–Crippen MR) is 69.8 cm³/mol. The topological polar surface area (TPSA) is 12.0 Å². The number of hydrogen-bond acceptors (Lipinski definition) is 1. The molecule has 2 aromatic carbocycles. The van der Waals surface area contributed by atoms with Crippen LogP contribution in [0, 0.1) is 11.6 Å². The molecule has 4 heteroatoms. The lowest BCUT2D eigenvalue weighted by atomic mass is 10.1. The van der Waals surface area contributed by atoms with Gasteiger partial charge in [-0.05, 0) is 36.8 Å². The van der Waals surface area contributed by atoms with Gasteiger partial charge in [0.2, 0.25) is 0 Å². The zero-order valence-electron chi connectivity index (χ0n) is 9.75. The fourth-order valence-corrected chi connectivity index (χ4v) is 1.90. The first kappa shape index (κ1) is 12.8. The Balaban J connectivity index is 2.18. The van der Waals surface area contributed by atoms with Gasteiger partial charge < -0.3 is 5.32 Å². The second-order valence-corrected chi connectivity index (χ2v) is 4.48. The first-order chi connectivity index (χ1) is 8.56. The van der Waals surface area contributed by atoms with E-state index in [1.165, 1.54) is 12.1 Å². The molecule has 0 saturated carbocycles. The molecule has 0 aliphatic rings. The van der Waals surface area contributed by atoms with Crippen molar-refractivity contribution in [1.29, 1.82) is 0 Å². The molecule has 0 spiro atoms. The first-order valence-electron chi connectivity index (χ1n) is 5.53. The molecule has 1 nitrogen and oxygen atoms in total. The van der Waals surface area contributed by atoms with Crippen molar-refractivity contribution in [3.8, 4) is 0 Å². The van der Waals surface area contributed by atoms with Crippen molar-refractivity contribution in [2.24, 2.45) is 0 Å². The Morgan fingerprint density at radius 3 is 2.56 bits per heavy atom. The average molecular weight is 268 g/mol. The standard InChI is InChI=1S/C14H12ClF2N/c1-9(10-3-2-4-11(15)7-10)18-14-6-5-12(16)8-13(14)17/h2-9,18H,1H3. The Morgan fingerprint density at radius 1 is 1.11 bits per heavy atom. The Bertz CT molecular complexity index is 557. The molecular formula is C14H12ClF2N. The van der Waals surface area contributed by atoms with Crippen LogP contribution in [0.3, 0.4) is 0 Å². The molecule has 0 bridgehead atoms. The Labute approximate surface area is 109 Å². The maximum atomic E-state index is 13.5. The summed E-state index contributed by atoms with van der Waals surface area (Å²) in [6.45, 7) is 1.88. The van der Waals surface area contributed by atoms with E-state index in [4.69, 9.17) is 11.6 Å². The van der Waals surface area contributed by atoms with Crippen LogP contribution < -0.4 is 5.32 Å². The quantitative estimate of drug-likeness (QED) is 0.843. The lowest BCUT2D eigenvalue weighted by Crippen LogP contribution is -2.08. The van der Waals surface area contributed by atoms with E-state index in [1.807, 2.05) is 19.1 Å². The van der Waals surface area contributed by atoms with Crippen LogP contribution in [0.15, 0.2) is 42.5 Å². The van der Waals surface area contributed by atoms with E-state index in [0.717, 1.165) is 11.6 Å². The highest BCUT2D eigenvalue weighted by Crippen LogP contribution is 2.23. The predicted octanol–water partition coefficient (Wildman–Crippen LogP) is 4.79. The number of benzene rings is 2. The summed E-state index contributed by atoms with van der Waals surface area (Å²) in [6.07, 6.45) is 0. The molecule has 0 radical (unpaired) electrons. The second-order valence-electron chi connectivity index (χ2n) is 4.05. The van der Waals surface area contributed by atoms with Gasteiger partial charge in [0.05, 0.1) is 5.69 Å². The first-order valence-corrected chi connectivity index (χ1v) is 5.91. The van der Waals surface area contributed by atoms with E-state index in [1.54, 1.807) is 12.1 Å². The summed E-state index contributed by atoms with van der Waals surface area (Å²) in [5.74, 6) is -1.20. The molecule has 1 unspecified atom stereocenters. The van der Waals surface area contributed by atoms with Gasteiger partial charge in [-0.2, -0.15) is 0 Å². The SMILES string of the molecule is CC(Nc1ccc(F)cc1F)c1cccc(Cl)c1. The molecule has 94 valence electrons. The van der Waals surface area contributed by atoms with Crippen molar-refractivity contribution >= 4 is 17.3 Å². The van der Waals surface area contributed by atoms with E-state index in [9.17, 15) is 8.78 Å². The normalized spacial score (nSPS) is 12.2. The van der Waals surface area contributed by atoms with Crippen LogP contribution in [0.2, 0.25) is 5.02 Å². The Hall–Kier alpha value is -1.61. The van der Waals surface area contributed by atoms with E-state index in [0.29, 0.717) is 5.02 Å². The minimum atomic E-state index is -0.608. The zero-order chi connectivity index (χ0) is 13.1. The summed E-state index contributed by atoms with van der Waals surface area (Å²) >= 11 is 5.89. The third-order valence-electron chi connectivity index (χ3n) is 2.65. The number of hydrogen-bond donors (Lipinski definition) is 1. The molecule has 0 saturated heterocycles. The third kappa shape index (κ3) is 2.99. The number of halogens is 3. The van der Waals surface area contributed by atoms with Crippen LogP contribution in [0.4, 0.5) is 14.5 Å². The molecule has 2 aromatic rings. The molecule has 1 N–H and O–H groups in total. The molecule has 2 rings (SSSR count). The number of rotatable bonds is 3. The summed E-state index contributed by atoms with van der Waals surface area (Å²) < 4.78 is 26.3. The van der Waals surface area contributed by atoms with Gasteiger partial charge in [0.15, 0.2) is 0 Å². The van der Waals surface area contributed by atoms with Crippen LogP contribution in [-0.4, -0.2) is 0 Å². The highest BCUT2D eigenvalue weighted by atomic mass is 35.5. The zero-order valence-corrected chi connectivity index (χ0v) is 10.5. The molecule has 0 aliphatic heterocycles. The summed E-state index contributed by atoms with van der Waals surface area (Å²) in [4.78, 5) is 0. The van der Waals surface area contributed by atoms with Crippen molar-refractivity contribution in [1.82, 2.24) is 0 Å². The van der Waals surface area contributed by atoms with Gasteiger partial charge in [-0.3, -0.25) is 0 Å². The number of anilines is 1. The summed E-state index contributed by atoms with van der Waals surface area (Å²) in [5, 5.41) is 3.61. The van der Waals surface area contributed by atoms with E-state index < -0.39 is 11.6 Å². The van der Waals surface area contributed by atoms with Crippen molar-refractivity contribution in [3.05, 3.63) is 64.7 Å². The Kier molecular flexibility index (Phi) is 3.82. The van der Waals surface area contributed by atoms with E-state index in [2.05, 4.69) is 5.32 Å². The van der Waals surface area contributed by atoms with Crippen LogP contribution in [0.25, 0.3) is 0 Å². The van der Waals surface area contributed by atoms with Gasteiger partial charge in [-0.25, -0.2) is 8.78 Å². The summed E-state index contributed by atoms with van der Waals surface area (Å²) in [7, 11) is 0. The monoisotopic (exact) mass is 267 g/mol. The van der Waals surface area contributed by atoms with Gasteiger partial charge in [0.25, 0.3) is 0 Å². The molecule has 1 atom stereocenters. The minimum absolute atomic E-state index is 0.122. The highest BCUT2D eigenvalue weighted by molar-refractivity contribution is 6.30. The molecular weight excluding hydrogens is 256 g/mol. The van der Waals surface area contributed by atoms with Crippen molar-refractivity contribution in [2.75, 3.05) is 5.32 Å². The fourth-order valence-electron chi connectivity index (χ4n) is 1.70. The molecule has 0 fully saturated rings. The lowest BCUT2D eigenvalue weighted by molar-refractivity contribution is 0.584. The van der Waals surface area contributed by atoms with Gasteiger partial charge in [-0.15, -0.1) is 0 Å². The van der Waals surface area contributed by atoms with E-state index >= 15 is 0 Å². The van der Waals surface area contributed by atoms with Crippen molar-refractivity contribution in [3.63, 3.8) is 0 Å². The van der Waals surface area contributed by atoms with Crippen LogP contribution >= 0.6 is 11.6 Å². The lowest BCUT2D eigenvalue weighted by Gasteiger charge is -2.16. The maximum Gasteiger partial charge on any atom is 0.149 e. The van der Waals surface area contributed by atoms with Crippen LogP contribution in [0.1, 0.15) is 18.5 Å². The van der Waals surface area contributed by atoms with Crippen LogP contribution in [-0.2, 0) is 0 Å². The van der Waals surface area contributed by atoms with Crippen molar-refractivity contribution in [2.45, 2.75) is 13.0 Å². The summed E-state index contributed by atoms with van der Waals surface area (Å²) in [6, 6.07) is 10.6. The molecule has 0 heterocycles. The van der Waals surface area contributed by atoms with Gasteiger partial charge in [-0.1, -0.05) is 23.7 Å². The van der Waals surface area contributed by atoms with Gasteiger partial charge in [0, 0.05) is 17.1 Å². The fraction of sp³-hybridized carbons (Fsp3) is 0.143. The van der Waals surface area contributed by atoms with Gasteiger partial charge in [0.1, 0.15) is 11.6 Å². The van der Waals surface area contributed by atoms with E-state index in [-0.39, 0.29) is 11.7 Å². The smallest absolute Gasteiger partial charge is 0.149 e. The van der Waals surface area contributed by atoms with Crippen LogP contribution in [0.5, 0.6) is 0 Å². The third-order valence-corrected chi connectivity index (χ3v) is 2.89. The molecule has 0 aliphatic carbocycles. The second kappa shape index (κ2) is 5.36. The van der Waals surface area contributed by atoms with Crippen molar-refractivity contribution < 1.29 is 8.78 Å². The molecule has 0 amide bonds. The largest absolute Gasteiger partial charge is 0.376 e. The number of nitrogens with one attached hydrogen (secondary N) is 1. The summed E-state index contributed by atoms with van der Waals surface area (Å²) in [5.41, 5.74) is 1.20.